The summed E-state index contributed by atoms with van der Waals surface area (Å²) in [4.78, 5) is 19.9. The Balaban J connectivity index is 0. The Kier molecular flexibility index (Phi) is 12.5. The van der Waals surface area contributed by atoms with Crippen LogP contribution in [0.1, 0.15) is 26.2 Å². The van der Waals surface area contributed by atoms with Crippen molar-refractivity contribution in [3.05, 3.63) is 0 Å². The molecule has 0 saturated heterocycles. The quantitative estimate of drug-likeness (QED) is 0.647. The minimum Gasteiger partial charge on any atom is -0.481 e. The van der Waals surface area contributed by atoms with Gasteiger partial charge >= 0.3 is 11.9 Å². The van der Waals surface area contributed by atoms with E-state index in [0.717, 1.165) is 6.42 Å². The second-order valence-corrected chi connectivity index (χ2v) is 3.32. The van der Waals surface area contributed by atoms with Crippen LogP contribution in [0.25, 0.3) is 0 Å². The Bertz CT molecular complexity index is 189. The predicted molar refractivity (Wildman–Crippen MR) is 56.3 cm³/mol. The van der Waals surface area contributed by atoms with Crippen LogP contribution in [0.15, 0.2) is 0 Å². The summed E-state index contributed by atoms with van der Waals surface area (Å²) < 4.78 is 10.9. The van der Waals surface area contributed by atoms with Gasteiger partial charge in [-0.1, -0.05) is 6.92 Å². The van der Waals surface area contributed by atoms with Gasteiger partial charge in [-0.05, 0) is 12.8 Å². The van der Waals surface area contributed by atoms with E-state index in [1.807, 2.05) is 6.92 Å². The summed E-state index contributed by atoms with van der Waals surface area (Å²) in [6, 6.07) is -1.06. The number of carbonyl (C=O) groups is 2. The molecule has 0 rings (SSSR count). The van der Waals surface area contributed by atoms with Crippen LogP contribution in [-0.4, -0.2) is 33.9 Å². The molecule has 4 N–H and O–H groups in total. The third-order valence-electron chi connectivity index (χ3n) is 1.27. The predicted octanol–water partition coefficient (Wildman–Crippen LogP) is 1.28. The third kappa shape index (κ3) is 15.9. The first-order chi connectivity index (χ1) is 6.95. The molecule has 0 aliphatic heterocycles. The van der Waals surface area contributed by atoms with Gasteiger partial charge in [0, 0.05) is 24.3 Å². The van der Waals surface area contributed by atoms with Gasteiger partial charge < -0.3 is 15.9 Å². The zero-order chi connectivity index (χ0) is 12.3. The molecule has 0 aromatic heterocycles. The fraction of sp³-hybridized carbons (Fsp3) is 0.750. The van der Waals surface area contributed by atoms with Crippen LogP contribution in [-0.2, 0) is 9.59 Å². The molecule has 5 nitrogen and oxygen atoms in total. The molecule has 0 fully saturated rings. The lowest BCUT2D eigenvalue weighted by Gasteiger charge is -2.01. The van der Waals surface area contributed by atoms with Crippen LogP contribution >= 0.6 is 12.1 Å². The first-order valence-electron chi connectivity index (χ1n) is 4.39. The Morgan fingerprint density at radius 1 is 1.47 bits per heavy atom. The lowest BCUT2D eigenvalue weighted by Crippen LogP contribution is -2.30. The zero-order valence-electron chi connectivity index (χ0n) is 8.48. The molecule has 7 heteroatoms. The van der Waals surface area contributed by atoms with Crippen LogP contribution in [0.4, 0.5) is 3.89 Å². The van der Waals surface area contributed by atoms with Crippen LogP contribution in [0.2, 0.25) is 0 Å². The molecule has 0 spiro atoms. The van der Waals surface area contributed by atoms with Crippen molar-refractivity contribution in [3.8, 4) is 0 Å². The fourth-order valence-corrected chi connectivity index (χ4v) is 0.634. The Hall–Kier alpha value is -0.820. The maximum atomic E-state index is 10.9. The van der Waals surface area contributed by atoms with Gasteiger partial charge in [0.2, 0.25) is 0 Å². The summed E-state index contributed by atoms with van der Waals surface area (Å²) in [7, 11) is 0. The van der Waals surface area contributed by atoms with Crippen molar-refractivity contribution in [1.82, 2.24) is 0 Å². The van der Waals surface area contributed by atoms with E-state index in [0.29, 0.717) is 17.9 Å². The molecule has 0 aromatic carbocycles. The standard InChI is InChI=1S/C5H9NO4.C3H7FS/c6-3(5(9)10)1-2-4(7)8;1-2-3-5-4/h3H,1-2,6H2,(H,7,8)(H,9,10);2-3H2,1H3. The van der Waals surface area contributed by atoms with Crippen molar-refractivity contribution in [1.29, 1.82) is 0 Å². The number of rotatable bonds is 6. The number of aliphatic carboxylic acids is 2. The highest BCUT2D eigenvalue weighted by Crippen LogP contribution is 1.99. The smallest absolute Gasteiger partial charge is 0.320 e. The number of carboxylic acid groups (broad SMARTS) is 2. The van der Waals surface area contributed by atoms with Gasteiger partial charge in [0.1, 0.15) is 6.04 Å². The minimum atomic E-state index is -1.17. The van der Waals surface area contributed by atoms with E-state index >= 15 is 0 Å². The van der Waals surface area contributed by atoms with Crippen molar-refractivity contribution < 1.29 is 23.7 Å². The highest BCUT2D eigenvalue weighted by atomic mass is 32.2. The summed E-state index contributed by atoms with van der Waals surface area (Å²) in [5, 5.41) is 16.3. The van der Waals surface area contributed by atoms with Crippen LogP contribution < -0.4 is 5.73 Å². The summed E-state index contributed by atoms with van der Waals surface area (Å²) in [6.07, 6.45) is 0.708. The first-order valence-corrected chi connectivity index (χ1v) is 5.28. The molecule has 1 atom stereocenters. The molecular weight excluding hydrogens is 225 g/mol. The van der Waals surface area contributed by atoms with Crippen molar-refractivity contribution in [2.24, 2.45) is 5.73 Å². The second-order valence-electron chi connectivity index (χ2n) is 2.69. The Morgan fingerprint density at radius 3 is 2.20 bits per heavy atom. The minimum absolute atomic E-state index is 0.0231. The van der Waals surface area contributed by atoms with Crippen molar-refractivity contribution >= 4 is 24.1 Å². The highest BCUT2D eigenvalue weighted by molar-refractivity contribution is 7.94. The number of hydrogen-bond donors (Lipinski definition) is 3. The number of halogens is 1. The molecule has 0 heterocycles. The van der Waals surface area contributed by atoms with Gasteiger partial charge in [0.25, 0.3) is 0 Å². The molecule has 0 aromatic rings. The fourth-order valence-electron chi connectivity index (χ4n) is 0.480. The monoisotopic (exact) mass is 241 g/mol. The molecule has 15 heavy (non-hydrogen) atoms. The van der Waals surface area contributed by atoms with Gasteiger partial charge in [0.15, 0.2) is 0 Å². The zero-order valence-corrected chi connectivity index (χ0v) is 9.30. The average Bonchev–Trinajstić information content (AvgIpc) is 2.16. The highest BCUT2D eigenvalue weighted by Gasteiger charge is 2.12. The van der Waals surface area contributed by atoms with Gasteiger partial charge in [0.05, 0.1) is 0 Å². The molecule has 0 saturated carbocycles. The lowest BCUT2D eigenvalue weighted by molar-refractivity contribution is -0.139. The lowest BCUT2D eigenvalue weighted by atomic mass is 10.2. The Labute approximate surface area is 92.1 Å². The van der Waals surface area contributed by atoms with E-state index in [2.05, 4.69) is 0 Å². The SMILES string of the molecule is CCCSF.NC(CCC(=O)O)C(=O)O. The summed E-state index contributed by atoms with van der Waals surface area (Å²) in [5.41, 5.74) is 5.00. The van der Waals surface area contributed by atoms with E-state index < -0.39 is 18.0 Å². The van der Waals surface area contributed by atoms with Gasteiger partial charge in [-0.2, -0.15) is 3.89 Å². The summed E-state index contributed by atoms with van der Waals surface area (Å²) in [6.45, 7) is 1.95. The average molecular weight is 241 g/mol. The normalized spacial score (nSPS) is 11.1. The summed E-state index contributed by atoms with van der Waals surface area (Å²) in [5.74, 6) is -1.56. The maximum Gasteiger partial charge on any atom is 0.320 e. The van der Waals surface area contributed by atoms with E-state index in [1.54, 1.807) is 0 Å². The molecule has 0 aliphatic carbocycles. The molecule has 0 radical (unpaired) electrons. The van der Waals surface area contributed by atoms with Crippen molar-refractivity contribution in [2.75, 3.05) is 5.75 Å². The third-order valence-corrected chi connectivity index (χ3v) is 1.83. The van der Waals surface area contributed by atoms with Crippen LogP contribution in [0, 0.1) is 0 Å². The number of hydrogen-bond acceptors (Lipinski definition) is 4. The van der Waals surface area contributed by atoms with Gasteiger partial charge in [-0.25, -0.2) is 0 Å². The molecule has 0 bridgehead atoms. The molecule has 90 valence electrons. The van der Waals surface area contributed by atoms with Gasteiger partial charge in [-0.3, -0.25) is 9.59 Å². The second kappa shape index (κ2) is 11.3. The van der Waals surface area contributed by atoms with Crippen LogP contribution in [0.3, 0.4) is 0 Å². The van der Waals surface area contributed by atoms with E-state index in [1.165, 1.54) is 0 Å². The molecule has 1 unspecified atom stereocenters. The Morgan fingerprint density at radius 2 is 2.00 bits per heavy atom. The van der Waals surface area contributed by atoms with Gasteiger partial charge in [-0.15, -0.1) is 0 Å². The molecule has 0 amide bonds. The van der Waals surface area contributed by atoms with E-state index in [-0.39, 0.29) is 12.8 Å². The molecule has 0 aliphatic rings. The van der Waals surface area contributed by atoms with Crippen molar-refractivity contribution in [2.45, 2.75) is 32.2 Å². The molecular formula is C8H16FNO4S. The number of carboxylic acids is 2. The largest absolute Gasteiger partial charge is 0.481 e. The topological polar surface area (TPSA) is 101 Å². The number of nitrogens with two attached hydrogens (primary N) is 1. The maximum absolute atomic E-state index is 10.9. The summed E-state index contributed by atoms with van der Waals surface area (Å²) >= 11 is 0.402. The first kappa shape index (κ1) is 16.6. The van der Waals surface area contributed by atoms with Crippen molar-refractivity contribution in [3.63, 3.8) is 0 Å². The van der Waals surface area contributed by atoms with Crippen LogP contribution in [0.5, 0.6) is 0 Å². The van der Waals surface area contributed by atoms with E-state index in [4.69, 9.17) is 15.9 Å². The van der Waals surface area contributed by atoms with E-state index in [9.17, 15) is 13.5 Å².